The first-order chi connectivity index (χ1) is 29.7. The van der Waals surface area contributed by atoms with Crippen molar-refractivity contribution >= 4 is 122 Å². The Morgan fingerprint density at radius 1 is 0.435 bits per heavy atom. The molecule has 0 radical (unpaired) electrons. The molecule has 6 heteroatoms. The van der Waals surface area contributed by atoms with Gasteiger partial charge in [0, 0.05) is 58.5 Å². The van der Waals surface area contributed by atoms with E-state index in [0.29, 0.717) is 0 Å². The summed E-state index contributed by atoms with van der Waals surface area (Å²) in [5, 5.41) is 3.99. The maximum Gasteiger partial charge on any atom is 0.329 e. The summed E-state index contributed by atoms with van der Waals surface area (Å²) in [4.78, 5) is 5.52. The molecule has 2 aromatic heterocycles. The van der Waals surface area contributed by atoms with Crippen LogP contribution in [0.1, 0.15) is 79.0 Å². The highest BCUT2D eigenvalue weighted by molar-refractivity contribution is 7.34. The van der Waals surface area contributed by atoms with Crippen LogP contribution in [-0.2, 0) is 16.2 Å². The molecule has 0 spiro atoms. The molecule has 0 unspecified atom stereocenters. The lowest BCUT2D eigenvalue weighted by Crippen LogP contribution is -2.69. The maximum atomic E-state index is 2.84. The molecule has 300 valence electrons. The predicted molar refractivity (Wildman–Crippen MR) is 275 cm³/mol. The van der Waals surface area contributed by atoms with Crippen LogP contribution < -0.4 is 36.3 Å². The van der Waals surface area contributed by atoms with Crippen molar-refractivity contribution in [1.82, 2.24) is 0 Å². The van der Waals surface area contributed by atoms with Gasteiger partial charge >= 0.3 is 6.85 Å². The minimum Gasteiger partial charge on any atom is -0.377 e. The number of fused-ring (bicyclic) bond motifs is 14. The van der Waals surface area contributed by atoms with Crippen LogP contribution in [0.15, 0.2) is 127 Å². The van der Waals surface area contributed by atoms with Crippen molar-refractivity contribution in [3.05, 3.63) is 144 Å². The van der Waals surface area contributed by atoms with Crippen LogP contribution >= 0.6 is 22.7 Å². The van der Waals surface area contributed by atoms with Crippen molar-refractivity contribution < 1.29 is 0 Å². The topological polar surface area (TPSA) is 6.48 Å². The van der Waals surface area contributed by atoms with E-state index >= 15 is 0 Å². The van der Waals surface area contributed by atoms with Crippen LogP contribution in [0.25, 0.3) is 52.5 Å². The molecular weight excluding hydrogens is 786 g/mol. The zero-order valence-electron chi connectivity index (χ0n) is 37.0. The SMILES string of the molecule is CC(C)(C)c1ccc2c(c1)B1c3cc(C(C)(C)C)ccc3-c3ccc4c5c3N1c1c(cc(C(C)(C)C)cc1-2)B5c1sc2ccccc2c1N4c1cccc2c1sc1ccccc12. The summed E-state index contributed by atoms with van der Waals surface area (Å²) in [7, 11) is 0. The molecule has 4 aliphatic heterocycles. The summed E-state index contributed by atoms with van der Waals surface area (Å²) in [6.45, 7) is 21.4. The van der Waals surface area contributed by atoms with Crippen LogP contribution in [0.3, 0.4) is 0 Å². The second-order valence-electron chi connectivity index (χ2n) is 21.3. The molecule has 0 fully saturated rings. The maximum absolute atomic E-state index is 2.84. The van der Waals surface area contributed by atoms with E-state index < -0.39 is 0 Å². The third kappa shape index (κ3) is 4.83. The largest absolute Gasteiger partial charge is 0.377 e. The van der Waals surface area contributed by atoms with Gasteiger partial charge in [-0.1, -0.05) is 159 Å². The van der Waals surface area contributed by atoms with Gasteiger partial charge in [0.25, 0.3) is 6.71 Å². The molecule has 9 aromatic rings. The summed E-state index contributed by atoms with van der Waals surface area (Å²) >= 11 is 3.93. The smallest absolute Gasteiger partial charge is 0.329 e. The van der Waals surface area contributed by atoms with Gasteiger partial charge in [0.05, 0.1) is 16.1 Å². The van der Waals surface area contributed by atoms with Gasteiger partial charge in [-0.15, -0.1) is 22.7 Å². The fourth-order valence-corrected chi connectivity index (χ4v) is 13.9. The summed E-state index contributed by atoms with van der Waals surface area (Å²) in [5.74, 6) is 0. The number of hydrogen-bond donors (Lipinski definition) is 0. The summed E-state index contributed by atoms with van der Waals surface area (Å²) < 4.78 is 5.46. The van der Waals surface area contributed by atoms with E-state index in [0.717, 1.165) is 0 Å². The number of anilines is 5. The van der Waals surface area contributed by atoms with Gasteiger partial charge in [-0.2, -0.15) is 0 Å². The first-order valence-corrected chi connectivity index (χ1v) is 24.0. The van der Waals surface area contributed by atoms with Gasteiger partial charge in [-0.05, 0) is 96.2 Å². The van der Waals surface area contributed by atoms with Crippen LogP contribution in [-0.4, -0.2) is 13.6 Å². The summed E-state index contributed by atoms with van der Waals surface area (Å²) in [6, 6.07) is 50.1. The molecule has 0 aliphatic carbocycles. The van der Waals surface area contributed by atoms with Crippen LogP contribution in [0, 0.1) is 0 Å². The fraction of sp³-hybridized carbons (Fsp3) is 0.214. The van der Waals surface area contributed by atoms with Crippen molar-refractivity contribution in [3.63, 3.8) is 0 Å². The molecule has 13 rings (SSSR count). The lowest BCUT2D eigenvalue weighted by atomic mass is 9.32. The Bertz CT molecular complexity index is 3460. The molecule has 0 bridgehead atoms. The van der Waals surface area contributed by atoms with E-state index in [1.807, 2.05) is 22.7 Å². The van der Waals surface area contributed by atoms with E-state index in [9.17, 15) is 0 Å². The zero-order chi connectivity index (χ0) is 42.4. The molecule has 4 aliphatic rings. The average Bonchev–Trinajstić information content (AvgIpc) is 3.82. The Balaban J connectivity index is 1.21. The zero-order valence-corrected chi connectivity index (χ0v) is 38.6. The lowest BCUT2D eigenvalue weighted by molar-refractivity contribution is 0.590. The molecule has 0 saturated carbocycles. The van der Waals surface area contributed by atoms with Gasteiger partial charge in [0.2, 0.25) is 0 Å². The van der Waals surface area contributed by atoms with Crippen molar-refractivity contribution in [3.8, 4) is 22.3 Å². The number of nitrogens with zero attached hydrogens (tertiary/aromatic N) is 2. The summed E-state index contributed by atoms with van der Waals surface area (Å²) in [6.07, 6.45) is 0. The van der Waals surface area contributed by atoms with Crippen molar-refractivity contribution in [2.24, 2.45) is 0 Å². The third-order valence-corrected chi connectivity index (χ3v) is 16.9. The number of rotatable bonds is 1. The second kappa shape index (κ2) is 12.1. The van der Waals surface area contributed by atoms with E-state index in [1.54, 1.807) is 0 Å². The Morgan fingerprint density at radius 2 is 1.02 bits per heavy atom. The van der Waals surface area contributed by atoms with Crippen molar-refractivity contribution in [2.75, 3.05) is 9.71 Å². The van der Waals surface area contributed by atoms with Crippen molar-refractivity contribution in [1.29, 1.82) is 0 Å². The standard InChI is InChI=1S/C56H48B2N2S2/c1-54(2,3)31-21-23-34-37-25-26-44-48-50(37)60-49-40(35-24-22-32(55(4,5)6)29-42(35)58(60)41(34)28-31)27-33(56(7,8)9)30-43(49)57(48)53-51(39-16-11-13-20-47(39)62-53)59(44)45-18-14-17-38-36-15-10-12-19-46(36)61-52(38)45/h10-30H,1-9H3. The molecule has 6 heterocycles. The van der Waals surface area contributed by atoms with Crippen molar-refractivity contribution in [2.45, 2.75) is 78.6 Å². The minimum absolute atomic E-state index is 0.00817. The fourth-order valence-electron chi connectivity index (χ4n) is 11.3. The normalized spacial score (nSPS) is 14.7. The van der Waals surface area contributed by atoms with Crippen LogP contribution in [0.5, 0.6) is 0 Å². The van der Waals surface area contributed by atoms with Crippen LogP contribution in [0.2, 0.25) is 0 Å². The lowest BCUT2D eigenvalue weighted by Gasteiger charge is -2.51. The number of thiophene rings is 2. The van der Waals surface area contributed by atoms with Crippen LogP contribution in [0.4, 0.5) is 28.4 Å². The highest BCUT2D eigenvalue weighted by Crippen LogP contribution is 2.54. The van der Waals surface area contributed by atoms with Gasteiger partial charge in [0.15, 0.2) is 0 Å². The number of hydrogen-bond acceptors (Lipinski definition) is 4. The molecular formula is C56H48B2N2S2. The molecule has 62 heavy (non-hydrogen) atoms. The van der Waals surface area contributed by atoms with E-state index in [4.69, 9.17) is 0 Å². The average molecular weight is 835 g/mol. The van der Waals surface area contributed by atoms with E-state index in [1.165, 1.54) is 124 Å². The highest BCUT2D eigenvalue weighted by Gasteiger charge is 2.53. The molecule has 7 aromatic carbocycles. The highest BCUT2D eigenvalue weighted by atomic mass is 32.1. The molecule has 2 nitrogen and oxygen atoms in total. The van der Waals surface area contributed by atoms with Gasteiger partial charge in [-0.25, -0.2) is 0 Å². The Hall–Kier alpha value is -5.55. The first-order valence-electron chi connectivity index (χ1n) is 22.3. The Morgan fingerprint density at radius 3 is 1.69 bits per heavy atom. The van der Waals surface area contributed by atoms with E-state index in [-0.39, 0.29) is 29.8 Å². The van der Waals surface area contributed by atoms with Gasteiger partial charge < -0.3 is 9.71 Å². The predicted octanol–water partition coefficient (Wildman–Crippen LogP) is 12.7. The minimum atomic E-state index is -0.0462. The number of benzene rings is 7. The van der Waals surface area contributed by atoms with Gasteiger partial charge in [-0.3, -0.25) is 0 Å². The molecule has 0 N–H and O–H groups in total. The monoisotopic (exact) mass is 834 g/mol. The Kier molecular flexibility index (Phi) is 7.24. The molecule has 0 atom stereocenters. The van der Waals surface area contributed by atoms with E-state index in [2.05, 4.69) is 199 Å². The summed E-state index contributed by atoms with van der Waals surface area (Å²) in [5.41, 5.74) is 22.0. The first kappa shape index (κ1) is 37.0. The quantitative estimate of drug-likeness (QED) is 0.152. The third-order valence-electron chi connectivity index (χ3n) is 14.5. The second-order valence-corrected chi connectivity index (χ2v) is 23.5. The molecule has 0 amide bonds. The van der Waals surface area contributed by atoms with Gasteiger partial charge in [0.1, 0.15) is 0 Å². The molecule has 0 saturated heterocycles. The Labute approximate surface area is 374 Å².